The maximum Gasteiger partial charge on any atom is 0.240 e. The van der Waals surface area contributed by atoms with Crippen LogP contribution in [0.2, 0.25) is 0 Å². The van der Waals surface area contributed by atoms with Crippen LogP contribution in [0.4, 0.5) is 5.69 Å². The second-order valence-electron chi connectivity index (χ2n) is 7.15. The maximum absolute atomic E-state index is 12.9. The fraction of sp³-hybridized carbons (Fsp3) is 0.526. The molecule has 2 fully saturated rings. The molecule has 0 spiro atoms. The quantitative estimate of drug-likeness (QED) is 0.850. The summed E-state index contributed by atoms with van der Waals surface area (Å²) in [5, 5.41) is 2.94. The SMILES string of the molecule is CC(=O)N1CCN(C(=O)C2(C(=O)Nc3ccc(C)cc3C)CC2)CC1. The zero-order chi connectivity index (χ0) is 18.2. The van der Waals surface area contributed by atoms with Gasteiger partial charge in [0.05, 0.1) is 0 Å². The van der Waals surface area contributed by atoms with Crippen LogP contribution in [0.1, 0.15) is 30.9 Å². The normalized spacial score (nSPS) is 18.7. The van der Waals surface area contributed by atoms with E-state index in [-0.39, 0.29) is 17.7 Å². The van der Waals surface area contributed by atoms with Gasteiger partial charge in [-0.1, -0.05) is 17.7 Å². The zero-order valence-corrected chi connectivity index (χ0v) is 15.1. The molecule has 1 aliphatic heterocycles. The molecule has 1 aliphatic carbocycles. The predicted octanol–water partition coefficient (Wildman–Crippen LogP) is 1.71. The van der Waals surface area contributed by atoms with Gasteiger partial charge in [-0.05, 0) is 38.3 Å². The van der Waals surface area contributed by atoms with Gasteiger partial charge in [0.2, 0.25) is 17.7 Å². The summed E-state index contributed by atoms with van der Waals surface area (Å²) < 4.78 is 0. The molecular formula is C19H25N3O3. The van der Waals surface area contributed by atoms with E-state index in [0.717, 1.165) is 16.8 Å². The highest BCUT2D eigenvalue weighted by Gasteiger charge is 2.58. The number of amides is 3. The second kappa shape index (κ2) is 6.50. The number of nitrogens with zero attached hydrogens (tertiary/aromatic N) is 2. The summed E-state index contributed by atoms with van der Waals surface area (Å²) in [6.45, 7) is 7.56. The Kier molecular flexibility index (Phi) is 4.54. The molecule has 0 radical (unpaired) electrons. The van der Waals surface area contributed by atoms with E-state index in [1.807, 2.05) is 32.0 Å². The summed E-state index contributed by atoms with van der Waals surface area (Å²) >= 11 is 0. The Labute approximate surface area is 148 Å². The molecular weight excluding hydrogens is 318 g/mol. The maximum atomic E-state index is 12.9. The number of hydrogen-bond acceptors (Lipinski definition) is 3. The fourth-order valence-corrected chi connectivity index (χ4v) is 3.39. The van der Waals surface area contributed by atoms with Crippen molar-refractivity contribution in [2.75, 3.05) is 31.5 Å². The van der Waals surface area contributed by atoms with E-state index < -0.39 is 5.41 Å². The minimum Gasteiger partial charge on any atom is -0.339 e. The van der Waals surface area contributed by atoms with Gasteiger partial charge in [0.15, 0.2) is 0 Å². The van der Waals surface area contributed by atoms with Gasteiger partial charge < -0.3 is 15.1 Å². The first-order chi connectivity index (χ1) is 11.8. The standard InChI is InChI=1S/C19H25N3O3/c1-13-4-5-16(14(2)12-13)20-17(24)19(6-7-19)18(25)22-10-8-21(9-11-22)15(3)23/h4-5,12H,6-11H2,1-3H3,(H,20,24). The number of carbonyl (C=O) groups is 3. The Balaban J connectivity index is 1.66. The first-order valence-electron chi connectivity index (χ1n) is 8.77. The minimum absolute atomic E-state index is 0.0285. The Morgan fingerprint density at radius 3 is 2.12 bits per heavy atom. The van der Waals surface area contributed by atoms with Crippen molar-refractivity contribution in [1.82, 2.24) is 9.80 Å². The van der Waals surface area contributed by atoms with E-state index in [1.165, 1.54) is 6.92 Å². The first-order valence-corrected chi connectivity index (χ1v) is 8.77. The predicted molar refractivity (Wildman–Crippen MR) is 95.0 cm³/mol. The molecule has 0 bridgehead atoms. The number of nitrogens with one attached hydrogen (secondary N) is 1. The van der Waals surface area contributed by atoms with Crippen LogP contribution in [0, 0.1) is 19.3 Å². The van der Waals surface area contributed by atoms with Crippen LogP contribution < -0.4 is 5.32 Å². The third kappa shape index (κ3) is 3.38. The molecule has 1 saturated carbocycles. The largest absolute Gasteiger partial charge is 0.339 e. The van der Waals surface area contributed by atoms with Gasteiger partial charge in [-0.3, -0.25) is 14.4 Å². The van der Waals surface area contributed by atoms with Crippen molar-refractivity contribution in [3.05, 3.63) is 29.3 Å². The van der Waals surface area contributed by atoms with Crippen LogP contribution in [0.3, 0.4) is 0 Å². The average molecular weight is 343 g/mol. The summed E-state index contributed by atoms with van der Waals surface area (Å²) in [5.74, 6) is -0.280. The lowest BCUT2D eigenvalue weighted by atomic mass is 10.0. The van der Waals surface area contributed by atoms with Crippen molar-refractivity contribution in [3.8, 4) is 0 Å². The molecule has 134 valence electrons. The third-order valence-electron chi connectivity index (χ3n) is 5.24. The Hall–Kier alpha value is -2.37. The van der Waals surface area contributed by atoms with Crippen LogP contribution in [0.15, 0.2) is 18.2 Å². The van der Waals surface area contributed by atoms with Gasteiger partial charge in [-0.25, -0.2) is 0 Å². The summed E-state index contributed by atoms with van der Waals surface area (Å²) in [6, 6.07) is 5.84. The van der Waals surface area contributed by atoms with Crippen LogP contribution in [0.25, 0.3) is 0 Å². The smallest absolute Gasteiger partial charge is 0.240 e. The molecule has 0 unspecified atom stereocenters. The molecule has 0 atom stereocenters. The van der Waals surface area contributed by atoms with E-state index in [2.05, 4.69) is 5.32 Å². The van der Waals surface area contributed by atoms with Gasteiger partial charge >= 0.3 is 0 Å². The van der Waals surface area contributed by atoms with Crippen molar-refractivity contribution >= 4 is 23.4 Å². The number of piperazine rings is 1. The van der Waals surface area contributed by atoms with Gasteiger partial charge in [0.25, 0.3) is 0 Å². The molecule has 6 nitrogen and oxygen atoms in total. The summed E-state index contributed by atoms with van der Waals surface area (Å²) in [5.41, 5.74) is 1.97. The van der Waals surface area contributed by atoms with Crippen molar-refractivity contribution in [1.29, 1.82) is 0 Å². The van der Waals surface area contributed by atoms with E-state index in [9.17, 15) is 14.4 Å². The first kappa shape index (κ1) is 17.5. The minimum atomic E-state index is -0.921. The second-order valence-corrected chi connectivity index (χ2v) is 7.15. The molecule has 1 heterocycles. The topological polar surface area (TPSA) is 69.7 Å². The van der Waals surface area contributed by atoms with Crippen LogP contribution in [-0.4, -0.2) is 53.7 Å². The van der Waals surface area contributed by atoms with Crippen LogP contribution in [-0.2, 0) is 14.4 Å². The lowest BCUT2D eigenvalue weighted by Gasteiger charge is -2.36. The lowest BCUT2D eigenvalue weighted by Crippen LogP contribution is -2.53. The fourth-order valence-electron chi connectivity index (χ4n) is 3.39. The average Bonchev–Trinajstić information content (AvgIpc) is 3.38. The van der Waals surface area contributed by atoms with Crippen molar-refractivity contribution in [2.45, 2.75) is 33.6 Å². The number of hydrogen-bond donors (Lipinski definition) is 1. The summed E-state index contributed by atoms with van der Waals surface area (Å²) in [4.78, 5) is 40.5. The number of benzene rings is 1. The van der Waals surface area contributed by atoms with E-state index in [1.54, 1.807) is 9.80 Å². The number of aryl methyl sites for hydroxylation is 2. The molecule has 6 heteroatoms. The van der Waals surface area contributed by atoms with E-state index >= 15 is 0 Å². The number of rotatable bonds is 3. The lowest BCUT2D eigenvalue weighted by molar-refractivity contribution is -0.146. The molecule has 1 saturated heterocycles. The highest BCUT2D eigenvalue weighted by atomic mass is 16.2. The Bertz CT molecular complexity index is 717. The van der Waals surface area contributed by atoms with Crippen molar-refractivity contribution < 1.29 is 14.4 Å². The summed E-state index contributed by atoms with van der Waals surface area (Å²) in [6.07, 6.45) is 1.19. The van der Waals surface area contributed by atoms with Crippen LogP contribution in [0.5, 0.6) is 0 Å². The molecule has 1 aromatic carbocycles. The molecule has 25 heavy (non-hydrogen) atoms. The highest BCUT2D eigenvalue weighted by Crippen LogP contribution is 2.48. The number of anilines is 1. The molecule has 1 aromatic rings. The highest BCUT2D eigenvalue weighted by molar-refractivity contribution is 6.13. The number of carbonyl (C=O) groups excluding carboxylic acids is 3. The van der Waals surface area contributed by atoms with Gasteiger partial charge in [0, 0.05) is 38.8 Å². The van der Waals surface area contributed by atoms with Crippen molar-refractivity contribution in [2.24, 2.45) is 5.41 Å². The van der Waals surface area contributed by atoms with Crippen LogP contribution >= 0.6 is 0 Å². The Morgan fingerprint density at radius 2 is 1.60 bits per heavy atom. The molecule has 1 N–H and O–H groups in total. The summed E-state index contributed by atoms with van der Waals surface area (Å²) in [7, 11) is 0. The Morgan fingerprint density at radius 1 is 1.00 bits per heavy atom. The van der Waals surface area contributed by atoms with Gasteiger partial charge in [-0.2, -0.15) is 0 Å². The third-order valence-corrected chi connectivity index (χ3v) is 5.24. The van der Waals surface area contributed by atoms with Gasteiger partial charge in [-0.15, -0.1) is 0 Å². The zero-order valence-electron chi connectivity index (χ0n) is 15.1. The van der Waals surface area contributed by atoms with Gasteiger partial charge in [0.1, 0.15) is 5.41 Å². The van der Waals surface area contributed by atoms with Crippen molar-refractivity contribution in [3.63, 3.8) is 0 Å². The molecule has 3 amide bonds. The van der Waals surface area contributed by atoms with E-state index in [0.29, 0.717) is 39.0 Å². The molecule has 0 aromatic heterocycles. The molecule has 3 rings (SSSR count). The van der Waals surface area contributed by atoms with E-state index in [4.69, 9.17) is 0 Å². The molecule has 2 aliphatic rings. The monoisotopic (exact) mass is 343 g/mol.